The molecule has 1 saturated carbocycles. The van der Waals surface area contributed by atoms with Crippen molar-refractivity contribution in [3.63, 3.8) is 0 Å². The van der Waals surface area contributed by atoms with Gasteiger partial charge in [-0.2, -0.15) is 0 Å². The average molecular weight is 285 g/mol. The minimum absolute atomic E-state index is 0.0904. The Morgan fingerprint density at radius 2 is 2.11 bits per heavy atom. The van der Waals surface area contributed by atoms with Gasteiger partial charge in [0.05, 0.1) is 4.92 Å². The van der Waals surface area contributed by atoms with Gasteiger partial charge >= 0.3 is 5.69 Å². The van der Waals surface area contributed by atoms with Crippen LogP contribution in [0.2, 0.25) is 0 Å². The van der Waals surface area contributed by atoms with Crippen LogP contribution in [-0.2, 0) is 10.0 Å². The summed E-state index contributed by atoms with van der Waals surface area (Å²) >= 11 is 0. The van der Waals surface area contributed by atoms with Gasteiger partial charge in [0.2, 0.25) is 10.0 Å². The summed E-state index contributed by atoms with van der Waals surface area (Å²) in [5.41, 5.74) is -0.191. The molecule has 0 atom stereocenters. The van der Waals surface area contributed by atoms with Crippen molar-refractivity contribution in [2.45, 2.75) is 30.7 Å². The van der Waals surface area contributed by atoms with E-state index >= 15 is 0 Å². The van der Waals surface area contributed by atoms with E-state index in [4.69, 9.17) is 0 Å². The standard InChI is InChI=1S/C11H15N3O4S/c1-2-12-9-4-3-5-10(11(9)14(15)16)19(17,18)13-8-6-7-8/h3-5,8,12-13H,2,6-7H2,1H3. The van der Waals surface area contributed by atoms with Gasteiger partial charge in [-0.1, -0.05) is 6.07 Å². The second-order valence-electron chi connectivity index (χ2n) is 4.34. The summed E-state index contributed by atoms with van der Waals surface area (Å²) in [4.78, 5) is 10.2. The number of nitrogens with one attached hydrogen (secondary N) is 2. The van der Waals surface area contributed by atoms with Gasteiger partial charge < -0.3 is 5.32 Å². The van der Waals surface area contributed by atoms with Crippen LogP contribution in [-0.4, -0.2) is 25.9 Å². The predicted molar refractivity (Wildman–Crippen MR) is 70.6 cm³/mol. The van der Waals surface area contributed by atoms with Crippen LogP contribution in [0.5, 0.6) is 0 Å². The quantitative estimate of drug-likeness (QED) is 0.608. The van der Waals surface area contributed by atoms with Gasteiger partial charge in [0.25, 0.3) is 0 Å². The molecule has 2 rings (SSSR count). The summed E-state index contributed by atoms with van der Waals surface area (Å²) in [6.45, 7) is 2.26. The Kier molecular flexibility index (Phi) is 3.72. The van der Waals surface area contributed by atoms with E-state index in [-0.39, 0.29) is 16.6 Å². The van der Waals surface area contributed by atoms with Crippen molar-refractivity contribution in [2.75, 3.05) is 11.9 Å². The molecular formula is C11H15N3O4S. The Labute approximate surface area is 111 Å². The molecule has 0 amide bonds. The van der Waals surface area contributed by atoms with E-state index < -0.39 is 20.6 Å². The molecule has 1 aromatic rings. The minimum Gasteiger partial charge on any atom is -0.380 e. The zero-order valence-electron chi connectivity index (χ0n) is 10.4. The second-order valence-corrected chi connectivity index (χ2v) is 6.02. The average Bonchev–Trinajstić information content (AvgIpc) is 3.12. The topological polar surface area (TPSA) is 101 Å². The normalized spacial score (nSPS) is 15.2. The lowest BCUT2D eigenvalue weighted by molar-refractivity contribution is -0.386. The fraction of sp³-hybridized carbons (Fsp3) is 0.455. The largest absolute Gasteiger partial charge is 0.380 e. The van der Waals surface area contributed by atoms with Crippen LogP contribution >= 0.6 is 0 Å². The van der Waals surface area contributed by atoms with Crippen LogP contribution in [0.15, 0.2) is 23.1 Å². The van der Waals surface area contributed by atoms with Crippen molar-refractivity contribution < 1.29 is 13.3 Å². The van der Waals surface area contributed by atoms with Crippen LogP contribution < -0.4 is 10.0 Å². The molecule has 0 spiro atoms. The molecule has 1 aliphatic rings. The van der Waals surface area contributed by atoms with Gasteiger partial charge in [0.15, 0.2) is 4.90 Å². The van der Waals surface area contributed by atoms with Crippen molar-refractivity contribution in [3.8, 4) is 0 Å². The van der Waals surface area contributed by atoms with E-state index in [2.05, 4.69) is 10.0 Å². The number of nitrogens with zero attached hydrogens (tertiary/aromatic N) is 1. The highest BCUT2D eigenvalue weighted by Gasteiger charge is 2.33. The van der Waals surface area contributed by atoms with E-state index in [1.165, 1.54) is 18.2 Å². The first kappa shape index (κ1) is 13.8. The lowest BCUT2D eigenvalue weighted by atomic mass is 10.2. The smallest absolute Gasteiger partial charge is 0.312 e. The number of hydrogen-bond donors (Lipinski definition) is 2. The maximum absolute atomic E-state index is 12.1. The molecule has 1 aliphatic carbocycles. The van der Waals surface area contributed by atoms with E-state index in [9.17, 15) is 18.5 Å². The molecule has 8 heteroatoms. The summed E-state index contributed by atoms with van der Waals surface area (Å²) in [7, 11) is -3.85. The molecule has 0 saturated heterocycles. The van der Waals surface area contributed by atoms with Gasteiger partial charge in [-0.3, -0.25) is 10.1 Å². The van der Waals surface area contributed by atoms with Crippen molar-refractivity contribution in [2.24, 2.45) is 0 Å². The van der Waals surface area contributed by atoms with Crippen LogP contribution in [0, 0.1) is 10.1 Å². The maximum Gasteiger partial charge on any atom is 0.312 e. The molecule has 1 fully saturated rings. The van der Waals surface area contributed by atoms with Crippen LogP contribution in [0.3, 0.4) is 0 Å². The first-order valence-corrected chi connectivity index (χ1v) is 7.47. The molecule has 0 heterocycles. The summed E-state index contributed by atoms with van der Waals surface area (Å²) in [6, 6.07) is 4.15. The number of para-hydroxylation sites is 1. The molecule has 0 bridgehead atoms. The first-order chi connectivity index (χ1) is 8.95. The predicted octanol–water partition coefficient (Wildman–Crippen LogP) is 1.47. The Bertz CT molecular complexity index is 596. The third-order valence-corrected chi connectivity index (χ3v) is 4.29. The Hall–Kier alpha value is -1.67. The molecule has 0 aliphatic heterocycles. The summed E-state index contributed by atoms with van der Waals surface area (Å²) in [6.07, 6.45) is 1.56. The number of nitro groups is 1. The van der Waals surface area contributed by atoms with E-state index in [1.807, 2.05) is 0 Å². The third kappa shape index (κ3) is 3.02. The number of rotatable bonds is 6. The number of nitro benzene ring substituents is 1. The first-order valence-electron chi connectivity index (χ1n) is 5.99. The van der Waals surface area contributed by atoms with Crippen molar-refractivity contribution in [1.82, 2.24) is 4.72 Å². The molecule has 1 aromatic carbocycles. The zero-order valence-corrected chi connectivity index (χ0v) is 11.2. The molecule has 0 unspecified atom stereocenters. The number of anilines is 1. The van der Waals surface area contributed by atoms with Crippen molar-refractivity contribution in [1.29, 1.82) is 0 Å². The minimum atomic E-state index is -3.85. The van der Waals surface area contributed by atoms with Gasteiger partial charge in [-0.05, 0) is 31.9 Å². The Morgan fingerprint density at radius 1 is 1.42 bits per heavy atom. The fourth-order valence-corrected chi connectivity index (χ4v) is 3.24. The lowest BCUT2D eigenvalue weighted by Crippen LogP contribution is -2.26. The van der Waals surface area contributed by atoms with Crippen LogP contribution in [0.25, 0.3) is 0 Å². The van der Waals surface area contributed by atoms with E-state index in [0.29, 0.717) is 6.54 Å². The van der Waals surface area contributed by atoms with Gasteiger partial charge in [0.1, 0.15) is 5.69 Å². The SMILES string of the molecule is CCNc1cccc(S(=O)(=O)NC2CC2)c1[N+](=O)[O-]. The van der Waals surface area contributed by atoms with E-state index in [0.717, 1.165) is 12.8 Å². The molecular weight excluding hydrogens is 270 g/mol. The Morgan fingerprint density at radius 3 is 2.63 bits per heavy atom. The summed E-state index contributed by atoms with van der Waals surface area (Å²) < 4.78 is 26.7. The highest BCUT2D eigenvalue weighted by molar-refractivity contribution is 7.89. The number of hydrogen-bond acceptors (Lipinski definition) is 5. The Balaban J connectivity index is 2.49. The highest BCUT2D eigenvalue weighted by atomic mass is 32.2. The van der Waals surface area contributed by atoms with Crippen LogP contribution in [0.4, 0.5) is 11.4 Å². The maximum atomic E-state index is 12.1. The van der Waals surface area contributed by atoms with Crippen LogP contribution in [0.1, 0.15) is 19.8 Å². The van der Waals surface area contributed by atoms with Crippen molar-refractivity contribution >= 4 is 21.4 Å². The number of sulfonamides is 1. The number of benzene rings is 1. The highest BCUT2D eigenvalue weighted by Crippen LogP contribution is 2.33. The molecule has 19 heavy (non-hydrogen) atoms. The van der Waals surface area contributed by atoms with Crippen molar-refractivity contribution in [3.05, 3.63) is 28.3 Å². The molecule has 2 N–H and O–H groups in total. The monoisotopic (exact) mass is 285 g/mol. The molecule has 0 aromatic heterocycles. The van der Waals surface area contributed by atoms with Gasteiger partial charge in [-0.15, -0.1) is 0 Å². The second kappa shape index (κ2) is 5.14. The van der Waals surface area contributed by atoms with E-state index in [1.54, 1.807) is 6.92 Å². The van der Waals surface area contributed by atoms with Gasteiger partial charge in [-0.25, -0.2) is 13.1 Å². The van der Waals surface area contributed by atoms with Gasteiger partial charge in [0, 0.05) is 12.6 Å². The lowest BCUT2D eigenvalue weighted by Gasteiger charge is -2.10. The fourth-order valence-electron chi connectivity index (χ4n) is 1.74. The molecule has 7 nitrogen and oxygen atoms in total. The third-order valence-electron chi connectivity index (χ3n) is 2.74. The summed E-state index contributed by atoms with van der Waals surface area (Å²) in [5, 5.41) is 13.9. The zero-order chi connectivity index (χ0) is 14.0. The molecule has 0 radical (unpaired) electrons. The summed E-state index contributed by atoms with van der Waals surface area (Å²) in [5.74, 6) is 0. The molecule has 104 valence electrons.